The standard InChI is InChI=1S/C20H12FINO2/c1-24-16-6-2-4-14(12-8-10-13(21)11-9-12)18(16)20-23-19-15(22)5-3-7-17(19)25-20/h2-5,7-11H,1H3. The summed E-state index contributed by atoms with van der Waals surface area (Å²) in [6.07, 6.45) is 0. The van der Waals surface area contributed by atoms with Gasteiger partial charge in [0.25, 0.3) is 0 Å². The molecule has 0 atom stereocenters. The molecule has 0 unspecified atom stereocenters. The SMILES string of the molecule is COc1[c]ccc(-c2ccc(F)cc2)c1-c1nc2c(I)cccc2o1. The van der Waals surface area contributed by atoms with E-state index in [0.717, 1.165) is 20.2 Å². The van der Waals surface area contributed by atoms with Gasteiger partial charge >= 0.3 is 0 Å². The van der Waals surface area contributed by atoms with Gasteiger partial charge in [-0.3, -0.25) is 0 Å². The maximum absolute atomic E-state index is 13.3. The predicted molar refractivity (Wildman–Crippen MR) is 103 cm³/mol. The molecule has 3 aromatic carbocycles. The molecule has 1 radical (unpaired) electrons. The molecule has 4 aromatic rings. The normalized spacial score (nSPS) is 11.0. The van der Waals surface area contributed by atoms with E-state index >= 15 is 0 Å². The minimum Gasteiger partial charge on any atom is -0.495 e. The van der Waals surface area contributed by atoms with Crippen LogP contribution in [0.5, 0.6) is 5.75 Å². The summed E-state index contributed by atoms with van der Waals surface area (Å²) in [6.45, 7) is 0. The van der Waals surface area contributed by atoms with Crippen LogP contribution in [0.4, 0.5) is 4.39 Å². The molecule has 1 aromatic heterocycles. The summed E-state index contributed by atoms with van der Waals surface area (Å²) in [5.41, 5.74) is 3.90. The lowest BCUT2D eigenvalue weighted by Crippen LogP contribution is -1.92. The van der Waals surface area contributed by atoms with E-state index in [1.54, 1.807) is 25.3 Å². The molecular weight excluding hydrogens is 432 g/mol. The molecule has 0 amide bonds. The van der Waals surface area contributed by atoms with E-state index in [4.69, 9.17) is 9.15 Å². The van der Waals surface area contributed by atoms with Crippen LogP contribution in [-0.4, -0.2) is 12.1 Å². The van der Waals surface area contributed by atoms with Crippen molar-refractivity contribution >= 4 is 33.7 Å². The third-order valence-electron chi connectivity index (χ3n) is 3.90. The van der Waals surface area contributed by atoms with Crippen LogP contribution in [0.1, 0.15) is 0 Å². The van der Waals surface area contributed by atoms with E-state index in [9.17, 15) is 4.39 Å². The molecule has 0 aliphatic heterocycles. The molecule has 0 saturated carbocycles. The molecule has 25 heavy (non-hydrogen) atoms. The average molecular weight is 444 g/mol. The zero-order valence-electron chi connectivity index (χ0n) is 13.2. The van der Waals surface area contributed by atoms with Crippen LogP contribution in [0.3, 0.4) is 0 Å². The number of aromatic nitrogens is 1. The van der Waals surface area contributed by atoms with Crippen LogP contribution in [0.25, 0.3) is 33.7 Å². The highest BCUT2D eigenvalue weighted by molar-refractivity contribution is 14.1. The molecule has 0 saturated heterocycles. The van der Waals surface area contributed by atoms with E-state index < -0.39 is 0 Å². The van der Waals surface area contributed by atoms with Gasteiger partial charge in [-0.2, -0.15) is 0 Å². The highest BCUT2D eigenvalue weighted by Gasteiger charge is 2.19. The number of para-hydroxylation sites is 1. The lowest BCUT2D eigenvalue weighted by Gasteiger charge is -2.11. The summed E-state index contributed by atoms with van der Waals surface area (Å²) in [6, 6.07) is 18.8. The average Bonchev–Trinajstić information content (AvgIpc) is 3.07. The van der Waals surface area contributed by atoms with Gasteiger partial charge in [0.15, 0.2) is 5.58 Å². The molecule has 5 heteroatoms. The number of hydrogen-bond donors (Lipinski definition) is 0. The molecule has 4 rings (SSSR count). The Balaban J connectivity index is 1.98. The van der Waals surface area contributed by atoms with E-state index in [0.29, 0.717) is 22.8 Å². The Bertz CT molecular complexity index is 1060. The highest BCUT2D eigenvalue weighted by atomic mass is 127. The van der Waals surface area contributed by atoms with Crippen LogP contribution in [0, 0.1) is 15.5 Å². The van der Waals surface area contributed by atoms with E-state index in [1.807, 2.05) is 24.3 Å². The molecule has 0 spiro atoms. The topological polar surface area (TPSA) is 35.3 Å². The summed E-state index contributed by atoms with van der Waals surface area (Å²) in [7, 11) is 1.58. The Morgan fingerprint density at radius 1 is 1.12 bits per heavy atom. The number of methoxy groups -OCH3 is 1. The number of hydrogen-bond acceptors (Lipinski definition) is 3. The van der Waals surface area contributed by atoms with Crippen molar-refractivity contribution in [2.45, 2.75) is 0 Å². The van der Waals surface area contributed by atoms with E-state index in [1.165, 1.54) is 12.1 Å². The van der Waals surface area contributed by atoms with Crippen molar-refractivity contribution in [3.05, 3.63) is 70.1 Å². The summed E-state index contributed by atoms with van der Waals surface area (Å²) >= 11 is 2.23. The fraction of sp³-hybridized carbons (Fsp3) is 0.0500. The van der Waals surface area contributed by atoms with Gasteiger partial charge in [-0.25, -0.2) is 9.37 Å². The minimum absolute atomic E-state index is 0.281. The first-order valence-corrected chi connectivity index (χ1v) is 8.65. The number of nitrogens with zero attached hydrogens (tertiary/aromatic N) is 1. The van der Waals surface area contributed by atoms with Crippen molar-refractivity contribution in [1.29, 1.82) is 0 Å². The van der Waals surface area contributed by atoms with E-state index in [-0.39, 0.29) is 5.82 Å². The van der Waals surface area contributed by atoms with Gasteiger partial charge < -0.3 is 9.15 Å². The van der Waals surface area contributed by atoms with Gasteiger partial charge in [-0.05, 0) is 64.0 Å². The molecule has 0 N–H and O–H groups in total. The zero-order valence-corrected chi connectivity index (χ0v) is 15.4. The van der Waals surface area contributed by atoms with Crippen LogP contribution in [0.15, 0.2) is 59.0 Å². The molecule has 0 fully saturated rings. The summed E-state index contributed by atoms with van der Waals surface area (Å²) < 4.78 is 25.8. The van der Waals surface area contributed by atoms with Gasteiger partial charge in [0.1, 0.15) is 17.1 Å². The zero-order chi connectivity index (χ0) is 17.4. The van der Waals surface area contributed by atoms with Crippen molar-refractivity contribution in [3.8, 4) is 28.3 Å². The number of halogens is 2. The summed E-state index contributed by atoms with van der Waals surface area (Å²) in [5.74, 6) is 0.701. The third kappa shape index (κ3) is 2.89. The Labute approximate surface area is 157 Å². The first kappa shape index (κ1) is 16.1. The Morgan fingerprint density at radius 3 is 2.64 bits per heavy atom. The Morgan fingerprint density at radius 2 is 1.92 bits per heavy atom. The summed E-state index contributed by atoms with van der Waals surface area (Å²) in [5, 5.41) is 0. The van der Waals surface area contributed by atoms with Crippen LogP contribution < -0.4 is 4.74 Å². The maximum Gasteiger partial charge on any atom is 0.231 e. The first-order valence-electron chi connectivity index (χ1n) is 7.57. The number of oxazole rings is 1. The smallest absolute Gasteiger partial charge is 0.231 e. The quantitative estimate of drug-likeness (QED) is 0.380. The predicted octanol–water partition coefficient (Wildman–Crippen LogP) is 5.71. The largest absolute Gasteiger partial charge is 0.495 e. The number of fused-ring (bicyclic) bond motifs is 1. The van der Waals surface area contributed by atoms with Crippen LogP contribution in [0.2, 0.25) is 0 Å². The molecule has 123 valence electrons. The maximum atomic E-state index is 13.3. The molecule has 0 bridgehead atoms. The third-order valence-corrected chi connectivity index (χ3v) is 4.77. The van der Waals surface area contributed by atoms with Gasteiger partial charge in [0.05, 0.1) is 12.7 Å². The number of ether oxygens (including phenoxy) is 1. The van der Waals surface area contributed by atoms with Crippen molar-refractivity contribution in [1.82, 2.24) is 4.98 Å². The number of benzene rings is 3. The van der Waals surface area contributed by atoms with Gasteiger partial charge in [-0.15, -0.1) is 0 Å². The fourth-order valence-electron chi connectivity index (χ4n) is 2.74. The molecule has 1 heterocycles. The minimum atomic E-state index is -0.281. The van der Waals surface area contributed by atoms with Crippen molar-refractivity contribution in [3.63, 3.8) is 0 Å². The van der Waals surface area contributed by atoms with E-state index in [2.05, 4.69) is 33.6 Å². The fourth-order valence-corrected chi connectivity index (χ4v) is 3.34. The van der Waals surface area contributed by atoms with Crippen LogP contribution >= 0.6 is 22.6 Å². The lowest BCUT2D eigenvalue weighted by atomic mass is 9.98. The second-order valence-corrected chi connectivity index (χ2v) is 6.57. The first-order chi connectivity index (χ1) is 12.2. The molecule has 0 aliphatic carbocycles. The molecular formula is C20H12FINO2. The van der Waals surface area contributed by atoms with Gasteiger partial charge in [0.2, 0.25) is 5.89 Å². The Hall–Kier alpha value is -2.41. The molecule has 3 nitrogen and oxygen atoms in total. The lowest BCUT2D eigenvalue weighted by molar-refractivity contribution is 0.414. The monoisotopic (exact) mass is 444 g/mol. The number of rotatable bonds is 3. The van der Waals surface area contributed by atoms with Gasteiger partial charge in [0, 0.05) is 9.64 Å². The van der Waals surface area contributed by atoms with Crippen molar-refractivity contribution in [2.24, 2.45) is 0 Å². The molecule has 0 aliphatic rings. The van der Waals surface area contributed by atoms with Crippen LogP contribution in [-0.2, 0) is 0 Å². The van der Waals surface area contributed by atoms with Crippen molar-refractivity contribution in [2.75, 3.05) is 7.11 Å². The second kappa shape index (κ2) is 6.48. The Kier molecular flexibility index (Phi) is 4.17. The van der Waals surface area contributed by atoms with Gasteiger partial charge in [-0.1, -0.05) is 24.3 Å². The highest BCUT2D eigenvalue weighted by Crippen LogP contribution is 2.40. The van der Waals surface area contributed by atoms with Crippen molar-refractivity contribution < 1.29 is 13.5 Å². The second-order valence-electron chi connectivity index (χ2n) is 5.41. The summed E-state index contributed by atoms with van der Waals surface area (Å²) in [4.78, 5) is 4.65.